The Bertz CT molecular complexity index is 2310. The van der Waals surface area contributed by atoms with Crippen LogP contribution in [-0.4, -0.2) is 48.4 Å². The van der Waals surface area contributed by atoms with Crippen LogP contribution in [0.3, 0.4) is 0 Å². The summed E-state index contributed by atoms with van der Waals surface area (Å²) in [6, 6.07) is 16.8. The first-order valence-corrected chi connectivity index (χ1v) is 23.9. The summed E-state index contributed by atoms with van der Waals surface area (Å²) in [6.45, 7) is 23.7. The number of methoxy groups -OCH3 is 1. The number of benzene rings is 2. The first-order valence-electron chi connectivity index (χ1n) is 23.9. The summed E-state index contributed by atoms with van der Waals surface area (Å²) in [6.07, 6.45) is 6.97. The molecule has 6 aliphatic rings. The van der Waals surface area contributed by atoms with E-state index in [9.17, 15) is 24.0 Å². The number of Topliss-reactive ketones (excluding diaryl/α,β-unsaturated/α-hetero) is 1. The summed E-state index contributed by atoms with van der Waals surface area (Å²) in [4.78, 5) is 68.7. The Morgan fingerprint density at radius 2 is 1.43 bits per heavy atom. The average molecular weight is 888 g/mol. The van der Waals surface area contributed by atoms with Gasteiger partial charge in [0, 0.05) is 6.42 Å². The Kier molecular flexibility index (Phi) is 12.2. The molecule has 10 atom stereocenters. The highest BCUT2D eigenvalue weighted by atomic mass is 16.5. The number of carbonyl (C=O) groups is 5. The third kappa shape index (κ3) is 7.68. The maximum atomic E-state index is 14.4. The highest BCUT2D eigenvalue weighted by Crippen LogP contribution is 2.75. The largest absolute Gasteiger partial charge is 0.497 e. The highest BCUT2D eigenvalue weighted by molar-refractivity contribution is 6.05. The summed E-state index contributed by atoms with van der Waals surface area (Å²) in [5, 5.41) is 3.38. The molecule has 2 aromatic rings. The van der Waals surface area contributed by atoms with Crippen LogP contribution in [0, 0.1) is 57.2 Å². The van der Waals surface area contributed by atoms with E-state index in [-0.39, 0.29) is 77.5 Å². The van der Waals surface area contributed by atoms with Gasteiger partial charge in [-0.3, -0.25) is 24.0 Å². The van der Waals surface area contributed by atoms with Gasteiger partial charge >= 0.3 is 17.9 Å². The van der Waals surface area contributed by atoms with Crippen molar-refractivity contribution in [3.05, 3.63) is 101 Å². The molecule has 5 fully saturated rings. The third-order valence-electron chi connectivity index (χ3n) is 17.9. The molecule has 0 bridgehead atoms. The molecule has 0 aliphatic heterocycles. The van der Waals surface area contributed by atoms with Crippen molar-refractivity contribution in [3.63, 3.8) is 0 Å². The zero-order valence-corrected chi connectivity index (χ0v) is 39.8. The van der Waals surface area contributed by atoms with Crippen LogP contribution in [0.5, 0.6) is 5.75 Å². The summed E-state index contributed by atoms with van der Waals surface area (Å²) in [7, 11) is 1.59. The number of ether oxygens (including phenoxy) is 4. The molecule has 0 heterocycles. The van der Waals surface area contributed by atoms with Crippen LogP contribution >= 0.6 is 0 Å². The molecular formula is C55H69NO9. The number of allylic oxidation sites excluding steroid dienone is 1. The molecular weight excluding hydrogens is 819 g/mol. The van der Waals surface area contributed by atoms with Gasteiger partial charge in [0.25, 0.3) is 0 Å². The molecule has 0 radical (unpaired) electrons. The van der Waals surface area contributed by atoms with Crippen molar-refractivity contribution in [3.8, 4) is 5.75 Å². The molecule has 6 aliphatic carbocycles. The van der Waals surface area contributed by atoms with Crippen LogP contribution in [0.25, 0.3) is 0 Å². The van der Waals surface area contributed by atoms with E-state index in [4.69, 9.17) is 18.9 Å². The van der Waals surface area contributed by atoms with E-state index in [1.54, 1.807) is 33.1 Å². The minimum atomic E-state index is -1.49. The van der Waals surface area contributed by atoms with Gasteiger partial charge < -0.3 is 24.3 Å². The zero-order chi connectivity index (χ0) is 46.9. The van der Waals surface area contributed by atoms with Gasteiger partial charge in [0.05, 0.1) is 24.5 Å². The molecule has 65 heavy (non-hydrogen) atoms. The molecule has 1 N–H and O–H groups in total. The van der Waals surface area contributed by atoms with E-state index in [0.29, 0.717) is 36.5 Å². The first kappa shape index (κ1) is 46.5. The Morgan fingerprint density at radius 1 is 0.769 bits per heavy atom. The van der Waals surface area contributed by atoms with E-state index in [1.165, 1.54) is 0 Å². The number of carbonyl (C=O) groups excluding carboxylic acids is 5. The molecule has 8 rings (SSSR count). The van der Waals surface area contributed by atoms with E-state index < -0.39 is 34.7 Å². The molecule has 10 heteroatoms. The average Bonchev–Trinajstić information content (AvgIpc) is 3.57. The number of hydrogen-bond acceptors (Lipinski definition) is 9. The number of hydrogen-bond donors (Lipinski definition) is 1. The fraction of sp³-hybridized carbons (Fsp3) is 0.582. The number of esters is 3. The molecule has 10 nitrogen and oxygen atoms in total. The van der Waals surface area contributed by atoms with Gasteiger partial charge in [-0.25, -0.2) is 0 Å². The van der Waals surface area contributed by atoms with Crippen molar-refractivity contribution in [2.24, 2.45) is 57.2 Å². The monoisotopic (exact) mass is 887 g/mol. The minimum absolute atomic E-state index is 0.0161. The van der Waals surface area contributed by atoms with Crippen LogP contribution in [-0.2, 0) is 51.4 Å². The fourth-order valence-electron chi connectivity index (χ4n) is 13.7. The SMILES string of the molecule is C=C1[C@H](C(=O)OCc2ccccc2)C[C@@H]1C(=O)O[C@H]1CC[C@]2(C)[C@H]3CC[C@@H]4C5=C(C(C)C)C(=O)C[C@]5(NC(=O)C(C)(C)C(=O)OCc5ccc(OC)cc5)CC[C@@]4(C)[C@]3(C)CC[C@H]2C1=C. The summed E-state index contributed by atoms with van der Waals surface area (Å²) >= 11 is 0. The molecule has 0 saturated heterocycles. The summed E-state index contributed by atoms with van der Waals surface area (Å²) in [5.41, 5.74) is 2.55. The highest BCUT2D eigenvalue weighted by Gasteiger charge is 2.69. The number of rotatable bonds is 12. The van der Waals surface area contributed by atoms with Crippen molar-refractivity contribution in [1.82, 2.24) is 5.32 Å². The van der Waals surface area contributed by atoms with Crippen molar-refractivity contribution in [2.45, 2.75) is 138 Å². The second-order valence-electron chi connectivity index (χ2n) is 21.8. The van der Waals surface area contributed by atoms with E-state index in [0.717, 1.165) is 66.4 Å². The Balaban J connectivity index is 0.947. The van der Waals surface area contributed by atoms with Crippen LogP contribution < -0.4 is 10.1 Å². The Labute approximate surface area is 385 Å². The molecule has 0 unspecified atom stereocenters. The van der Waals surface area contributed by atoms with Gasteiger partial charge in [-0.15, -0.1) is 0 Å². The summed E-state index contributed by atoms with van der Waals surface area (Å²) < 4.78 is 22.8. The lowest BCUT2D eigenvalue weighted by molar-refractivity contribution is -0.191. The maximum absolute atomic E-state index is 14.4. The van der Waals surface area contributed by atoms with Crippen molar-refractivity contribution in [1.29, 1.82) is 0 Å². The number of ketones is 1. The van der Waals surface area contributed by atoms with Gasteiger partial charge in [0.1, 0.15) is 30.5 Å². The molecule has 5 saturated carbocycles. The topological polar surface area (TPSA) is 134 Å². The van der Waals surface area contributed by atoms with E-state index >= 15 is 0 Å². The second-order valence-corrected chi connectivity index (χ2v) is 21.8. The quantitative estimate of drug-likeness (QED) is 0.0957. The molecule has 0 aromatic heterocycles. The van der Waals surface area contributed by atoms with E-state index in [1.807, 2.05) is 42.5 Å². The van der Waals surface area contributed by atoms with Crippen molar-refractivity contribution in [2.75, 3.05) is 7.11 Å². The predicted octanol–water partition coefficient (Wildman–Crippen LogP) is 9.99. The summed E-state index contributed by atoms with van der Waals surface area (Å²) in [5.74, 6) is -1.36. The van der Waals surface area contributed by atoms with Crippen molar-refractivity contribution < 1.29 is 42.9 Å². The Hall–Kier alpha value is -4.99. The van der Waals surface area contributed by atoms with Crippen LogP contribution in [0.2, 0.25) is 0 Å². The number of fused-ring (bicyclic) bond motifs is 7. The van der Waals surface area contributed by atoms with Crippen LogP contribution in [0.1, 0.15) is 124 Å². The van der Waals surface area contributed by atoms with Gasteiger partial charge in [-0.2, -0.15) is 0 Å². The van der Waals surface area contributed by atoms with Gasteiger partial charge in [0.15, 0.2) is 5.78 Å². The Morgan fingerprint density at radius 3 is 2.09 bits per heavy atom. The lowest BCUT2D eigenvalue weighted by Crippen LogP contribution is -2.66. The van der Waals surface area contributed by atoms with Crippen LogP contribution in [0.15, 0.2) is 90.0 Å². The standard InChI is InChI=1S/C55H69NO9/c1-32(2)45-42(57)29-55(56-49(60)51(5,6)50(61)64-31-36-16-18-37(62-10)19-17-36)27-26-53(8)41(46(45)55)20-21-44-52(7)24-23-43(34(4)40(52)22-25-54(44,53)9)65-48(59)39-28-38(33(39)3)47(58)63-30-35-14-12-11-13-15-35/h11-19,32,38-41,43-44H,3-4,20-31H2,1-2,5-10H3,(H,56,60)/t38-,39+,40+,41-,43+,44-,52+,53-,54-,55-/m1/s1. The first-order chi connectivity index (χ1) is 30.7. The lowest BCUT2D eigenvalue weighted by atomic mass is 9.34. The third-order valence-corrected chi connectivity index (χ3v) is 17.9. The van der Waals surface area contributed by atoms with Crippen LogP contribution in [0.4, 0.5) is 0 Å². The molecule has 1 amide bonds. The number of nitrogens with one attached hydrogen (secondary N) is 1. The normalized spacial score (nSPS) is 34.0. The van der Waals surface area contributed by atoms with Gasteiger partial charge in [-0.05, 0) is 157 Å². The minimum Gasteiger partial charge on any atom is -0.497 e. The molecule has 2 aromatic carbocycles. The predicted molar refractivity (Wildman–Crippen MR) is 247 cm³/mol. The molecule has 348 valence electrons. The molecule has 0 spiro atoms. The van der Waals surface area contributed by atoms with E-state index in [2.05, 4.69) is 53.1 Å². The maximum Gasteiger partial charge on any atom is 0.321 e. The zero-order valence-electron chi connectivity index (χ0n) is 39.8. The second kappa shape index (κ2) is 17.0. The fourth-order valence-corrected chi connectivity index (χ4v) is 13.7. The van der Waals surface area contributed by atoms with Crippen molar-refractivity contribution >= 4 is 29.6 Å². The smallest absolute Gasteiger partial charge is 0.321 e. The van der Waals surface area contributed by atoms with Gasteiger partial charge in [0.2, 0.25) is 5.91 Å². The lowest BCUT2D eigenvalue weighted by Gasteiger charge is -2.70. The number of amides is 1. The van der Waals surface area contributed by atoms with Gasteiger partial charge in [-0.1, -0.05) is 90.2 Å².